The molecule has 300 valence electrons. The van der Waals surface area contributed by atoms with Gasteiger partial charge in [0.15, 0.2) is 0 Å². The number of fused-ring (bicyclic) bond motifs is 14. The van der Waals surface area contributed by atoms with Crippen LogP contribution in [0.1, 0.15) is 90.7 Å². The lowest BCUT2D eigenvalue weighted by molar-refractivity contribution is -0.116. The summed E-state index contributed by atoms with van der Waals surface area (Å²) in [4.78, 5) is 57.2. The quantitative estimate of drug-likeness (QED) is 0.242. The van der Waals surface area contributed by atoms with Crippen molar-refractivity contribution in [2.75, 3.05) is 12.4 Å². The number of rotatable bonds is 4. The Balaban J connectivity index is 1.69. The van der Waals surface area contributed by atoms with E-state index in [2.05, 4.69) is 10.6 Å². The first-order valence-corrected chi connectivity index (χ1v) is 18.8. The molecule has 13 nitrogen and oxygen atoms in total. The van der Waals surface area contributed by atoms with Crippen LogP contribution in [-0.2, 0) is 20.7 Å². The minimum atomic E-state index is -2.07. The van der Waals surface area contributed by atoms with Crippen LogP contribution < -0.4 is 15.4 Å². The van der Waals surface area contributed by atoms with Crippen molar-refractivity contribution >= 4 is 28.9 Å². The Bertz CT molecular complexity index is 2050. The van der Waals surface area contributed by atoms with Gasteiger partial charge in [-0.1, -0.05) is 71.0 Å². The molecule has 3 aliphatic heterocycles. The van der Waals surface area contributed by atoms with E-state index in [1.807, 2.05) is 19.1 Å². The van der Waals surface area contributed by atoms with Gasteiger partial charge < -0.3 is 45.3 Å². The average Bonchev–Trinajstić information content (AvgIpc) is 3.45. The highest BCUT2D eigenvalue weighted by Gasteiger charge is 2.52. The second-order valence-corrected chi connectivity index (χ2v) is 15.1. The first-order chi connectivity index (χ1) is 26.4. The predicted octanol–water partition coefficient (Wildman–Crippen LogP) is 5.06. The molecule has 5 bridgehead atoms. The van der Waals surface area contributed by atoms with Gasteiger partial charge in [0.05, 0.1) is 47.4 Å². The van der Waals surface area contributed by atoms with Crippen molar-refractivity contribution in [1.82, 2.24) is 5.32 Å². The Labute approximate surface area is 326 Å². The van der Waals surface area contributed by atoms with E-state index < -0.39 is 99.7 Å². The third-order valence-corrected chi connectivity index (χ3v) is 11.4. The number of phenols is 1. The number of aryl methyl sites for hydroxylation is 1. The highest BCUT2D eigenvalue weighted by molar-refractivity contribution is 6.33. The fraction of sp³-hybridized carbons (Fsp3) is 0.442. The number of carbonyl (C=O) groups excluding carboxylic acids is 4. The van der Waals surface area contributed by atoms with Gasteiger partial charge in [-0.3, -0.25) is 19.2 Å². The van der Waals surface area contributed by atoms with Gasteiger partial charge in [-0.05, 0) is 38.0 Å². The molecule has 0 unspecified atom stereocenters. The Hall–Kier alpha value is -5.08. The molecule has 1 aliphatic carbocycles. The van der Waals surface area contributed by atoms with Crippen LogP contribution in [0.4, 0.5) is 5.69 Å². The first-order valence-electron chi connectivity index (χ1n) is 18.8. The zero-order valence-electron chi connectivity index (χ0n) is 33.2. The van der Waals surface area contributed by atoms with Gasteiger partial charge in [0, 0.05) is 54.5 Å². The second kappa shape index (κ2) is 16.6. The molecule has 2 aromatic rings. The SMILES string of the molecule is CCc1ccccc1NC1=C2NC(=O)/C(C)=C\C=C\[C@H](C)[C@H](O)[C@@H](C)[C@H](O)[C@H](C)[C@H](O)[C@H](C)[C@@H](OC)/C=C/O[C@@]3(C)Oc4c(C)c(O)c(c(c4C3=O)C1=O)C2=O. The number of amides is 1. The summed E-state index contributed by atoms with van der Waals surface area (Å²) in [5.41, 5.74) is -0.500. The molecule has 1 amide bonds. The number of hydrogen-bond donors (Lipinski definition) is 6. The second-order valence-electron chi connectivity index (χ2n) is 15.1. The number of ether oxygens (including phenoxy) is 3. The minimum absolute atomic E-state index is 0.000650. The first kappa shape index (κ1) is 42.1. The molecule has 9 atom stereocenters. The number of allylic oxidation sites excluding steroid dienone is 4. The average molecular weight is 773 g/mol. The maximum absolute atomic E-state index is 14.7. The molecule has 0 spiro atoms. The Morgan fingerprint density at radius 2 is 1.52 bits per heavy atom. The number of methoxy groups -OCH3 is 1. The van der Waals surface area contributed by atoms with Crippen molar-refractivity contribution in [3.8, 4) is 11.5 Å². The van der Waals surface area contributed by atoms with Crippen LogP contribution in [0.3, 0.4) is 0 Å². The zero-order chi connectivity index (χ0) is 41.4. The summed E-state index contributed by atoms with van der Waals surface area (Å²) < 4.78 is 17.6. The van der Waals surface area contributed by atoms with Gasteiger partial charge in [-0.25, -0.2) is 0 Å². The molecular weight excluding hydrogens is 720 g/mol. The van der Waals surface area contributed by atoms with Crippen molar-refractivity contribution in [3.05, 3.63) is 99.6 Å². The number of carbonyl (C=O) groups is 4. The number of aliphatic hydroxyl groups excluding tert-OH is 3. The number of ketones is 3. The topological polar surface area (TPSA) is 201 Å². The van der Waals surface area contributed by atoms with Gasteiger partial charge in [0.2, 0.25) is 11.6 Å². The molecule has 2 aromatic carbocycles. The summed E-state index contributed by atoms with van der Waals surface area (Å²) in [6.07, 6.45) is 3.86. The molecule has 0 saturated carbocycles. The highest BCUT2D eigenvalue weighted by Crippen LogP contribution is 2.48. The maximum Gasteiger partial charge on any atom is 0.312 e. The van der Waals surface area contributed by atoms with E-state index in [0.717, 1.165) is 5.56 Å². The standard InChI is InChI=1S/C43H52N2O11/c1-10-26-16-11-12-17-27(26)44-32-33-39(51)30-29(38(32)50)31-40(25(7)37(30)49)56-43(8,41(31)52)55-19-18-28(54-9)22(4)35(47)24(6)36(48)23(5)34(46)20(2)14-13-15-21(3)42(53)45-33/h11-20,22-24,28,34-36,44,46-49H,10H2,1-9H3,(H,45,53)/b14-13+,19-18+,21-15-/t20-,22+,23+,24+,28-,34-,35+,36-,43-/m0/s1. The van der Waals surface area contributed by atoms with Crippen LogP contribution in [0.15, 0.2) is 71.8 Å². The molecule has 3 heterocycles. The Kier molecular flexibility index (Phi) is 12.4. The molecule has 0 aromatic heterocycles. The van der Waals surface area contributed by atoms with Crippen LogP contribution in [0.2, 0.25) is 0 Å². The molecule has 56 heavy (non-hydrogen) atoms. The fourth-order valence-electron chi connectivity index (χ4n) is 7.51. The number of phenolic OH excluding ortho intramolecular Hbond substituents is 1. The Morgan fingerprint density at radius 1 is 0.875 bits per heavy atom. The largest absolute Gasteiger partial charge is 0.507 e. The fourth-order valence-corrected chi connectivity index (χ4v) is 7.51. The summed E-state index contributed by atoms with van der Waals surface area (Å²) in [7, 11) is 1.43. The minimum Gasteiger partial charge on any atom is -0.507 e. The van der Waals surface area contributed by atoms with Crippen molar-refractivity contribution in [2.24, 2.45) is 23.7 Å². The summed E-state index contributed by atoms with van der Waals surface area (Å²) in [5, 5.41) is 50.9. The number of Topliss-reactive ketones (excluding diaryl/α,β-unsaturated/α-hetero) is 3. The van der Waals surface area contributed by atoms with Gasteiger partial charge in [0.1, 0.15) is 22.9 Å². The number of benzene rings is 2. The van der Waals surface area contributed by atoms with E-state index in [1.165, 1.54) is 46.3 Å². The lowest BCUT2D eigenvalue weighted by Gasteiger charge is -2.36. The number of anilines is 1. The number of aliphatic hydroxyl groups is 3. The zero-order valence-corrected chi connectivity index (χ0v) is 33.2. The van der Waals surface area contributed by atoms with E-state index in [0.29, 0.717) is 12.1 Å². The molecule has 0 fully saturated rings. The van der Waals surface area contributed by atoms with Crippen molar-refractivity contribution in [3.63, 3.8) is 0 Å². The summed E-state index contributed by atoms with van der Waals surface area (Å²) in [5.74, 6) is -8.61. The summed E-state index contributed by atoms with van der Waals surface area (Å²) >= 11 is 0. The van der Waals surface area contributed by atoms with Crippen LogP contribution in [0.5, 0.6) is 11.5 Å². The van der Waals surface area contributed by atoms with E-state index in [9.17, 15) is 39.6 Å². The lowest BCUT2D eigenvalue weighted by atomic mass is 9.78. The smallest absolute Gasteiger partial charge is 0.312 e. The number of hydrogen-bond acceptors (Lipinski definition) is 12. The Morgan fingerprint density at radius 3 is 2.18 bits per heavy atom. The maximum atomic E-state index is 14.7. The van der Waals surface area contributed by atoms with Crippen LogP contribution in [0, 0.1) is 30.6 Å². The van der Waals surface area contributed by atoms with Gasteiger partial charge >= 0.3 is 5.79 Å². The predicted molar refractivity (Wildman–Crippen MR) is 208 cm³/mol. The van der Waals surface area contributed by atoms with E-state index in [-0.39, 0.29) is 28.1 Å². The van der Waals surface area contributed by atoms with Crippen LogP contribution in [0.25, 0.3) is 0 Å². The van der Waals surface area contributed by atoms with Gasteiger partial charge in [0.25, 0.3) is 11.7 Å². The lowest BCUT2D eigenvalue weighted by Crippen LogP contribution is -2.45. The molecular formula is C43H52N2O11. The molecule has 6 rings (SSSR count). The van der Waals surface area contributed by atoms with Crippen molar-refractivity contribution in [2.45, 2.75) is 92.0 Å². The molecule has 13 heteroatoms. The van der Waals surface area contributed by atoms with Crippen LogP contribution in [-0.4, -0.2) is 81.0 Å². The summed E-state index contributed by atoms with van der Waals surface area (Å²) in [6.45, 7) is 13.0. The van der Waals surface area contributed by atoms with E-state index >= 15 is 0 Å². The van der Waals surface area contributed by atoms with Crippen molar-refractivity contribution < 1.29 is 53.8 Å². The third-order valence-electron chi connectivity index (χ3n) is 11.4. The normalized spacial score (nSPS) is 32.2. The number of para-hydroxylation sites is 1. The molecule has 4 aliphatic rings. The number of nitrogens with one attached hydrogen (secondary N) is 2. The number of aromatic hydroxyl groups is 1. The van der Waals surface area contributed by atoms with E-state index in [4.69, 9.17) is 14.2 Å². The van der Waals surface area contributed by atoms with E-state index in [1.54, 1.807) is 52.0 Å². The van der Waals surface area contributed by atoms with Crippen molar-refractivity contribution in [1.29, 1.82) is 0 Å². The van der Waals surface area contributed by atoms with Gasteiger partial charge in [-0.2, -0.15) is 0 Å². The molecule has 0 radical (unpaired) electrons. The summed E-state index contributed by atoms with van der Waals surface area (Å²) in [6, 6.07) is 7.10. The monoisotopic (exact) mass is 772 g/mol. The highest BCUT2D eigenvalue weighted by atomic mass is 16.7. The molecule has 0 saturated heterocycles. The molecule has 6 N–H and O–H groups in total. The third kappa shape index (κ3) is 7.56. The van der Waals surface area contributed by atoms with Crippen LogP contribution >= 0.6 is 0 Å². The van der Waals surface area contributed by atoms with Gasteiger partial charge in [-0.15, -0.1) is 0 Å².